The van der Waals surface area contributed by atoms with Crippen molar-refractivity contribution < 1.29 is 18.0 Å². The maximum Gasteiger partial charge on any atom is 0.234 e. The summed E-state index contributed by atoms with van der Waals surface area (Å²) < 4.78 is 25.1. The number of carbonyl (C=O) groups is 2. The van der Waals surface area contributed by atoms with E-state index in [1.807, 2.05) is 19.1 Å². The Morgan fingerprint density at radius 3 is 2.63 bits per heavy atom. The molecule has 1 heterocycles. The maximum atomic E-state index is 12.5. The monoisotopic (exact) mass is 404 g/mol. The molecule has 1 aliphatic heterocycles. The second kappa shape index (κ2) is 8.14. The van der Waals surface area contributed by atoms with E-state index >= 15 is 0 Å². The van der Waals surface area contributed by atoms with Crippen LogP contribution in [0.4, 0.5) is 11.4 Å². The van der Waals surface area contributed by atoms with Crippen LogP contribution in [0.3, 0.4) is 0 Å². The lowest BCUT2D eigenvalue weighted by atomic mass is 10.1. The van der Waals surface area contributed by atoms with Crippen LogP contribution >= 0.6 is 11.8 Å². The van der Waals surface area contributed by atoms with E-state index in [0.29, 0.717) is 17.1 Å². The summed E-state index contributed by atoms with van der Waals surface area (Å²) in [7, 11) is -3.63. The summed E-state index contributed by atoms with van der Waals surface area (Å²) >= 11 is 1.37. The van der Waals surface area contributed by atoms with Crippen LogP contribution in [-0.4, -0.2) is 31.7 Å². The Morgan fingerprint density at radius 1 is 1.19 bits per heavy atom. The van der Waals surface area contributed by atoms with Gasteiger partial charge in [-0.05, 0) is 42.3 Å². The summed E-state index contributed by atoms with van der Waals surface area (Å²) in [6, 6.07) is 12.1. The van der Waals surface area contributed by atoms with Crippen LogP contribution in [0.25, 0.3) is 0 Å². The van der Waals surface area contributed by atoms with Crippen molar-refractivity contribution in [3.63, 3.8) is 0 Å². The van der Waals surface area contributed by atoms with Gasteiger partial charge in [0.2, 0.25) is 11.8 Å². The Morgan fingerprint density at radius 2 is 1.93 bits per heavy atom. The summed E-state index contributed by atoms with van der Waals surface area (Å²) in [6.45, 7) is 2.04. The summed E-state index contributed by atoms with van der Waals surface area (Å²) in [5, 5.41) is 5.38. The number of thioether (sulfide) groups is 1. The number of fused-ring (bicyclic) bond motifs is 1. The van der Waals surface area contributed by atoms with Gasteiger partial charge in [0.1, 0.15) is 0 Å². The molecule has 2 aromatic carbocycles. The van der Waals surface area contributed by atoms with Gasteiger partial charge in [0.25, 0.3) is 0 Å². The van der Waals surface area contributed by atoms with Crippen molar-refractivity contribution in [2.45, 2.75) is 29.6 Å². The molecule has 0 saturated heterocycles. The van der Waals surface area contributed by atoms with Crippen molar-refractivity contribution in [3.8, 4) is 0 Å². The van der Waals surface area contributed by atoms with Crippen LogP contribution in [0.2, 0.25) is 0 Å². The quantitative estimate of drug-likeness (QED) is 0.772. The number of nitrogens with one attached hydrogen (secondary N) is 2. The largest absolute Gasteiger partial charge is 0.326 e. The second-order valence-electron chi connectivity index (χ2n) is 6.16. The Kier molecular flexibility index (Phi) is 5.86. The number of carbonyl (C=O) groups excluding carboxylic acids is 2. The Balaban J connectivity index is 1.63. The van der Waals surface area contributed by atoms with Crippen LogP contribution in [0.1, 0.15) is 18.9 Å². The minimum atomic E-state index is -3.63. The molecule has 0 aromatic heterocycles. The highest BCUT2D eigenvalue weighted by Gasteiger charge is 2.21. The fourth-order valence-corrected chi connectivity index (χ4v) is 4.70. The van der Waals surface area contributed by atoms with E-state index in [0.717, 1.165) is 16.9 Å². The fourth-order valence-electron chi connectivity index (χ4n) is 2.65. The number of sulfone groups is 1. The summed E-state index contributed by atoms with van der Waals surface area (Å²) in [5.74, 6) is -0.496. The maximum absolute atomic E-state index is 12.5. The van der Waals surface area contributed by atoms with Crippen LogP contribution in [0.15, 0.2) is 52.3 Å². The average molecular weight is 405 g/mol. The van der Waals surface area contributed by atoms with E-state index in [2.05, 4.69) is 10.6 Å². The molecule has 0 fully saturated rings. The molecule has 142 valence electrons. The standard InChI is InChI=1S/C19H20N2O4S2/c1-2-13-3-5-14(6-4-13)20-18(22)9-10-27(24,25)15-7-8-17-16(11-15)21-19(23)12-26-17/h3-8,11H,2,9-10,12H2,1H3,(H,20,22)(H,21,23). The minimum absolute atomic E-state index is 0.101. The van der Waals surface area contributed by atoms with Gasteiger partial charge in [0.15, 0.2) is 9.84 Å². The number of amides is 2. The first-order valence-electron chi connectivity index (χ1n) is 8.55. The van der Waals surface area contributed by atoms with Crippen LogP contribution in [0.5, 0.6) is 0 Å². The normalized spacial score (nSPS) is 13.6. The van der Waals surface area contributed by atoms with E-state index in [4.69, 9.17) is 0 Å². The molecule has 0 saturated carbocycles. The number of anilines is 2. The van der Waals surface area contributed by atoms with E-state index in [1.54, 1.807) is 18.2 Å². The van der Waals surface area contributed by atoms with Gasteiger partial charge in [0.05, 0.1) is 22.1 Å². The Labute approximate surface area is 162 Å². The van der Waals surface area contributed by atoms with Gasteiger partial charge in [-0.25, -0.2) is 8.42 Å². The number of hydrogen-bond acceptors (Lipinski definition) is 5. The number of benzene rings is 2. The zero-order chi connectivity index (χ0) is 19.4. The van der Waals surface area contributed by atoms with Crippen molar-refractivity contribution in [1.82, 2.24) is 0 Å². The second-order valence-corrected chi connectivity index (χ2v) is 9.29. The van der Waals surface area contributed by atoms with Crippen molar-refractivity contribution in [2.75, 3.05) is 22.1 Å². The molecule has 8 heteroatoms. The number of aryl methyl sites for hydroxylation is 1. The van der Waals surface area contributed by atoms with Crippen LogP contribution < -0.4 is 10.6 Å². The fraction of sp³-hybridized carbons (Fsp3) is 0.263. The zero-order valence-corrected chi connectivity index (χ0v) is 16.5. The summed E-state index contributed by atoms with van der Waals surface area (Å²) in [4.78, 5) is 24.5. The predicted molar refractivity (Wildman–Crippen MR) is 107 cm³/mol. The lowest BCUT2D eigenvalue weighted by Gasteiger charge is -2.17. The van der Waals surface area contributed by atoms with Crippen LogP contribution in [0, 0.1) is 0 Å². The van der Waals surface area contributed by atoms with Crippen molar-refractivity contribution in [3.05, 3.63) is 48.0 Å². The van der Waals surface area contributed by atoms with E-state index < -0.39 is 9.84 Å². The van der Waals surface area contributed by atoms with E-state index in [1.165, 1.54) is 23.9 Å². The third-order valence-corrected chi connectivity index (χ3v) is 6.97. The molecule has 0 aliphatic carbocycles. The summed E-state index contributed by atoms with van der Waals surface area (Å²) in [5.41, 5.74) is 2.30. The molecule has 0 radical (unpaired) electrons. The Bertz CT molecular complexity index is 970. The molecule has 2 aromatic rings. The average Bonchev–Trinajstić information content (AvgIpc) is 2.66. The molecule has 6 nitrogen and oxygen atoms in total. The van der Waals surface area contributed by atoms with Crippen molar-refractivity contribution in [1.29, 1.82) is 0 Å². The predicted octanol–water partition coefficient (Wildman–Crippen LogP) is 3.10. The molecule has 2 amide bonds. The molecule has 1 aliphatic rings. The Hall–Kier alpha value is -2.32. The van der Waals surface area contributed by atoms with Crippen LogP contribution in [-0.2, 0) is 25.8 Å². The molecule has 0 atom stereocenters. The lowest BCUT2D eigenvalue weighted by molar-refractivity contribution is -0.116. The first kappa shape index (κ1) is 19.4. The van der Waals surface area contributed by atoms with E-state index in [-0.39, 0.29) is 28.9 Å². The zero-order valence-electron chi connectivity index (χ0n) is 14.8. The number of hydrogen-bond donors (Lipinski definition) is 2. The molecular formula is C19H20N2O4S2. The topological polar surface area (TPSA) is 92.3 Å². The molecule has 3 rings (SSSR count). The molecule has 2 N–H and O–H groups in total. The molecule has 0 bridgehead atoms. The minimum Gasteiger partial charge on any atom is -0.326 e. The molecule has 0 spiro atoms. The van der Waals surface area contributed by atoms with Gasteiger partial charge in [-0.1, -0.05) is 19.1 Å². The first-order valence-corrected chi connectivity index (χ1v) is 11.2. The molecule has 0 unspecified atom stereocenters. The van der Waals surface area contributed by atoms with E-state index in [9.17, 15) is 18.0 Å². The van der Waals surface area contributed by atoms with Gasteiger partial charge < -0.3 is 10.6 Å². The highest BCUT2D eigenvalue weighted by Crippen LogP contribution is 2.33. The molecule has 27 heavy (non-hydrogen) atoms. The highest BCUT2D eigenvalue weighted by molar-refractivity contribution is 8.00. The van der Waals surface area contributed by atoms with Gasteiger partial charge in [0, 0.05) is 17.0 Å². The summed E-state index contributed by atoms with van der Waals surface area (Å²) in [6.07, 6.45) is 0.766. The SMILES string of the molecule is CCc1ccc(NC(=O)CCS(=O)(=O)c2ccc3c(c2)NC(=O)CS3)cc1. The third-order valence-electron chi connectivity index (χ3n) is 4.19. The lowest BCUT2D eigenvalue weighted by Crippen LogP contribution is -2.20. The highest BCUT2D eigenvalue weighted by atomic mass is 32.2. The van der Waals surface area contributed by atoms with Crippen molar-refractivity contribution in [2.24, 2.45) is 0 Å². The van der Waals surface area contributed by atoms with Gasteiger partial charge in [-0.2, -0.15) is 0 Å². The number of rotatable bonds is 6. The first-order chi connectivity index (χ1) is 12.9. The third kappa shape index (κ3) is 4.90. The smallest absolute Gasteiger partial charge is 0.234 e. The van der Waals surface area contributed by atoms with Crippen molar-refractivity contribution >= 4 is 44.8 Å². The molecular weight excluding hydrogens is 384 g/mol. The van der Waals surface area contributed by atoms with Gasteiger partial charge in [-0.3, -0.25) is 9.59 Å². The van der Waals surface area contributed by atoms with Gasteiger partial charge >= 0.3 is 0 Å². The van der Waals surface area contributed by atoms with Gasteiger partial charge in [-0.15, -0.1) is 11.8 Å².